The number of benzene rings is 2. The lowest BCUT2D eigenvalue weighted by atomic mass is 10.1. The molecule has 1 N–H and O–H groups in total. The number of aromatic nitrogens is 2. The molecular weight excluding hydrogens is 396 g/mol. The zero-order valence-electron chi connectivity index (χ0n) is 14.8. The standard InChI is InChI=1S/C21H15ClN2O3S/c1-12-5-7-14(8-6-12)18-23-19-17(16(11-28-19)21(26)27)20(25)24(18)10-13-3-2-4-15(22)9-13/h2-9,11H,10H2,1H3,(H,26,27). The molecule has 4 rings (SSSR count). The number of halogens is 1. The van der Waals surface area contributed by atoms with Gasteiger partial charge in [0.15, 0.2) is 0 Å². The SMILES string of the molecule is Cc1ccc(-c2nc3scc(C(=O)O)c3c(=O)n2Cc2cccc(Cl)c2)cc1. The number of carboxylic acids is 1. The van der Waals surface area contributed by atoms with Crippen molar-refractivity contribution >= 4 is 39.1 Å². The Hall–Kier alpha value is -2.96. The Morgan fingerprint density at radius 3 is 2.64 bits per heavy atom. The quantitative estimate of drug-likeness (QED) is 0.522. The molecule has 0 radical (unpaired) electrons. The molecule has 0 saturated heterocycles. The van der Waals surface area contributed by atoms with E-state index in [0.29, 0.717) is 15.7 Å². The van der Waals surface area contributed by atoms with Gasteiger partial charge in [0.05, 0.1) is 17.5 Å². The number of carbonyl (C=O) groups is 1. The molecule has 7 heteroatoms. The summed E-state index contributed by atoms with van der Waals surface area (Å²) in [7, 11) is 0. The maximum atomic E-state index is 13.3. The first-order chi connectivity index (χ1) is 13.4. The van der Waals surface area contributed by atoms with Crippen molar-refractivity contribution in [3.63, 3.8) is 0 Å². The Balaban J connectivity index is 1.99. The predicted molar refractivity (Wildman–Crippen MR) is 112 cm³/mol. The largest absolute Gasteiger partial charge is 0.478 e. The van der Waals surface area contributed by atoms with Gasteiger partial charge in [-0.05, 0) is 24.6 Å². The van der Waals surface area contributed by atoms with Gasteiger partial charge in [0, 0.05) is 16.0 Å². The zero-order valence-corrected chi connectivity index (χ0v) is 16.4. The van der Waals surface area contributed by atoms with Crippen molar-refractivity contribution in [3.8, 4) is 11.4 Å². The van der Waals surface area contributed by atoms with Crippen LogP contribution < -0.4 is 5.56 Å². The van der Waals surface area contributed by atoms with E-state index in [-0.39, 0.29) is 23.1 Å². The number of rotatable bonds is 4. The van der Waals surface area contributed by atoms with E-state index in [1.165, 1.54) is 9.95 Å². The third-order valence-corrected chi connectivity index (χ3v) is 5.57. The third-order valence-electron chi connectivity index (χ3n) is 4.46. The van der Waals surface area contributed by atoms with Gasteiger partial charge in [-0.2, -0.15) is 0 Å². The fourth-order valence-electron chi connectivity index (χ4n) is 3.07. The fourth-order valence-corrected chi connectivity index (χ4v) is 4.18. The fraction of sp³-hybridized carbons (Fsp3) is 0.0952. The summed E-state index contributed by atoms with van der Waals surface area (Å²) in [5, 5.41) is 11.6. The van der Waals surface area contributed by atoms with Crippen molar-refractivity contribution in [2.45, 2.75) is 13.5 Å². The third kappa shape index (κ3) is 3.32. The number of nitrogens with zero attached hydrogens (tertiary/aromatic N) is 2. The van der Waals surface area contributed by atoms with E-state index in [1.54, 1.807) is 12.1 Å². The maximum Gasteiger partial charge on any atom is 0.337 e. The van der Waals surface area contributed by atoms with Crippen LogP contribution in [0.5, 0.6) is 0 Å². The molecule has 0 aliphatic rings. The molecule has 0 amide bonds. The average molecular weight is 411 g/mol. The van der Waals surface area contributed by atoms with Crippen LogP contribution in [0.2, 0.25) is 5.02 Å². The summed E-state index contributed by atoms with van der Waals surface area (Å²) in [5.74, 6) is -0.640. The van der Waals surface area contributed by atoms with Crippen LogP contribution in [0, 0.1) is 6.92 Å². The van der Waals surface area contributed by atoms with Crippen LogP contribution in [-0.2, 0) is 6.54 Å². The summed E-state index contributed by atoms with van der Waals surface area (Å²) in [6, 6.07) is 14.9. The average Bonchev–Trinajstić information content (AvgIpc) is 3.09. The van der Waals surface area contributed by atoms with E-state index in [4.69, 9.17) is 11.6 Å². The predicted octanol–water partition coefficient (Wildman–Crippen LogP) is 4.83. The molecule has 4 aromatic rings. The van der Waals surface area contributed by atoms with Crippen LogP contribution in [0.4, 0.5) is 0 Å². The highest BCUT2D eigenvalue weighted by Crippen LogP contribution is 2.26. The Kier molecular flexibility index (Phi) is 4.75. The van der Waals surface area contributed by atoms with E-state index in [1.807, 2.05) is 43.3 Å². The van der Waals surface area contributed by atoms with Crippen molar-refractivity contribution in [1.82, 2.24) is 9.55 Å². The first-order valence-corrected chi connectivity index (χ1v) is 9.76. The molecule has 0 spiro atoms. The molecule has 0 unspecified atom stereocenters. The second-order valence-corrected chi connectivity index (χ2v) is 7.75. The molecule has 0 fully saturated rings. The topological polar surface area (TPSA) is 72.2 Å². The van der Waals surface area contributed by atoms with E-state index in [0.717, 1.165) is 28.0 Å². The maximum absolute atomic E-state index is 13.3. The van der Waals surface area contributed by atoms with Gasteiger partial charge in [0.2, 0.25) is 0 Å². The number of thiophene rings is 1. The van der Waals surface area contributed by atoms with Crippen LogP contribution in [-0.4, -0.2) is 20.6 Å². The smallest absolute Gasteiger partial charge is 0.337 e. The summed E-state index contributed by atoms with van der Waals surface area (Å²) in [6.07, 6.45) is 0. The summed E-state index contributed by atoms with van der Waals surface area (Å²) in [5.41, 5.74) is 2.32. The van der Waals surface area contributed by atoms with Crippen LogP contribution in [0.3, 0.4) is 0 Å². The molecule has 0 atom stereocenters. The molecule has 0 bridgehead atoms. The van der Waals surface area contributed by atoms with Crippen molar-refractivity contribution in [1.29, 1.82) is 0 Å². The number of fused-ring (bicyclic) bond motifs is 1. The minimum Gasteiger partial charge on any atom is -0.478 e. The van der Waals surface area contributed by atoms with E-state index in [9.17, 15) is 14.7 Å². The molecule has 0 aliphatic carbocycles. The lowest BCUT2D eigenvalue weighted by molar-refractivity contribution is 0.0699. The highest BCUT2D eigenvalue weighted by atomic mass is 35.5. The first kappa shape index (κ1) is 18.4. The Bertz CT molecular complexity index is 1260. The van der Waals surface area contributed by atoms with Crippen LogP contribution in [0.25, 0.3) is 21.6 Å². The van der Waals surface area contributed by atoms with Gasteiger partial charge in [-0.3, -0.25) is 9.36 Å². The highest BCUT2D eigenvalue weighted by molar-refractivity contribution is 7.17. The van der Waals surface area contributed by atoms with Gasteiger partial charge in [0.1, 0.15) is 10.7 Å². The van der Waals surface area contributed by atoms with E-state index >= 15 is 0 Å². The first-order valence-electron chi connectivity index (χ1n) is 8.51. The number of hydrogen-bond donors (Lipinski definition) is 1. The molecule has 140 valence electrons. The van der Waals surface area contributed by atoms with Gasteiger partial charge in [-0.25, -0.2) is 9.78 Å². The summed E-state index contributed by atoms with van der Waals surface area (Å²) >= 11 is 7.25. The van der Waals surface area contributed by atoms with Crippen LogP contribution in [0.15, 0.2) is 58.7 Å². The number of carboxylic acid groups (broad SMARTS) is 1. The van der Waals surface area contributed by atoms with Gasteiger partial charge < -0.3 is 5.11 Å². The van der Waals surface area contributed by atoms with Gasteiger partial charge in [0.25, 0.3) is 5.56 Å². The van der Waals surface area contributed by atoms with Crippen LogP contribution in [0.1, 0.15) is 21.5 Å². The number of aryl methyl sites for hydroxylation is 1. The highest BCUT2D eigenvalue weighted by Gasteiger charge is 2.20. The molecule has 0 aliphatic heterocycles. The van der Waals surface area contributed by atoms with Crippen molar-refractivity contribution in [2.75, 3.05) is 0 Å². The zero-order chi connectivity index (χ0) is 19.8. The Morgan fingerprint density at radius 2 is 1.96 bits per heavy atom. The van der Waals surface area contributed by atoms with Gasteiger partial charge in [-0.1, -0.05) is 53.6 Å². The number of aromatic carboxylic acids is 1. The molecule has 2 aromatic heterocycles. The Labute approximate surface area is 169 Å². The minimum atomic E-state index is -1.14. The van der Waals surface area contributed by atoms with Crippen molar-refractivity contribution in [3.05, 3.63) is 86.0 Å². The van der Waals surface area contributed by atoms with E-state index in [2.05, 4.69) is 4.98 Å². The lowest BCUT2D eigenvalue weighted by Gasteiger charge is -2.13. The molecule has 0 saturated carbocycles. The van der Waals surface area contributed by atoms with Crippen molar-refractivity contribution in [2.24, 2.45) is 0 Å². The normalized spacial score (nSPS) is 11.1. The van der Waals surface area contributed by atoms with Crippen molar-refractivity contribution < 1.29 is 9.90 Å². The molecule has 2 heterocycles. The second kappa shape index (κ2) is 7.22. The van der Waals surface area contributed by atoms with E-state index < -0.39 is 5.97 Å². The Morgan fingerprint density at radius 1 is 1.21 bits per heavy atom. The molecule has 28 heavy (non-hydrogen) atoms. The lowest BCUT2D eigenvalue weighted by Crippen LogP contribution is -2.24. The monoisotopic (exact) mass is 410 g/mol. The summed E-state index contributed by atoms with van der Waals surface area (Å²) in [4.78, 5) is 29.9. The summed E-state index contributed by atoms with van der Waals surface area (Å²) in [6.45, 7) is 2.22. The van der Waals surface area contributed by atoms with Crippen LogP contribution >= 0.6 is 22.9 Å². The molecule has 5 nitrogen and oxygen atoms in total. The minimum absolute atomic E-state index is 0.0206. The second-order valence-electron chi connectivity index (χ2n) is 6.46. The summed E-state index contributed by atoms with van der Waals surface area (Å²) < 4.78 is 1.51. The van der Waals surface area contributed by atoms with Gasteiger partial charge in [-0.15, -0.1) is 11.3 Å². The molecule has 2 aromatic carbocycles. The molecular formula is C21H15ClN2O3S. The number of hydrogen-bond acceptors (Lipinski definition) is 4. The van der Waals surface area contributed by atoms with Gasteiger partial charge >= 0.3 is 5.97 Å².